The van der Waals surface area contributed by atoms with Gasteiger partial charge in [0.1, 0.15) is 5.75 Å². The molecule has 0 aliphatic rings. The maximum Gasteiger partial charge on any atom is 0.118 e. The summed E-state index contributed by atoms with van der Waals surface area (Å²) in [7, 11) is 1.68. The smallest absolute Gasteiger partial charge is 0.118 e. The zero-order chi connectivity index (χ0) is 13.8. The Morgan fingerprint density at radius 1 is 1.26 bits per heavy atom. The van der Waals surface area contributed by atoms with Crippen LogP contribution >= 0.6 is 54.8 Å². The van der Waals surface area contributed by atoms with Gasteiger partial charge in [0.2, 0.25) is 0 Å². The largest absolute Gasteiger partial charge is 0.497 e. The molecular weight excluding hydrogens is 411 g/mol. The van der Waals surface area contributed by atoms with Gasteiger partial charge in [0, 0.05) is 0 Å². The van der Waals surface area contributed by atoms with E-state index in [1.54, 1.807) is 18.4 Å². The summed E-state index contributed by atoms with van der Waals surface area (Å²) in [6.07, 6.45) is 1.87. The van der Waals surface area contributed by atoms with Crippen molar-refractivity contribution in [2.75, 3.05) is 7.11 Å². The lowest BCUT2D eigenvalue weighted by molar-refractivity contribution is 0.414. The molecular formula is C14H13Br2ClOS. The molecule has 0 saturated heterocycles. The average Bonchev–Trinajstić information content (AvgIpc) is 2.75. The molecule has 0 radical (unpaired) electrons. The highest BCUT2D eigenvalue weighted by Gasteiger charge is 2.14. The molecule has 1 unspecified atom stereocenters. The molecule has 2 aromatic rings. The Kier molecular flexibility index (Phi) is 5.75. The molecule has 19 heavy (non-hydrogen) atoms. The Bertz CT molecular complexity index is 539. The molecule has 2 rings (SSSR count). The van der Waals surface area contributed by atoms with Gasteiger partial charge in [0.15, 0.2) is 0 Å². The molecule has 1 aromatic heterocycles. The summed E-state index contributed by atoms with van der Waals surface area (Å²) >= 11 is 15.2. The van der Waals surface area contributed by atoms with Crippen molar-refractivity contribution in [1.29, 1.82) is 0 Å². The van der Waals surface area contributed by atoms with Crippen LogP contribution in [0.15, 0.2) is 37.9 Å². The number of thiophene rings is 1. The molecule has 0 amide bonds. The van der Waals surface area contributed by atoms with E-state index in [-0.39, 0.29) is 5.38 Å². The number of benzene rings is 1. The van der Waals surface area contributed by atoms with Crippen molar-refractivity contribution in [3.63, 3.8) is 0 Å². The Morgan fingerprint density at radius 2 is 1.95 bits per heavy atom. The van der Waals surface area contributed by atoms with Gasteiger partial charge in [-0.25, -0.2) is 0 Å². The Balaban J connectivity index is 1.96. The number of ether oxygens (including phenoxy) is 1. The van der Waals surface area contributed by atoms with E-state index in [1.165, 1.54) is 5.56 Å². The first-order valence-electron chi connectivity index (χ1n) is 5.82. The van der Waals surface area contributed by atoms with Crippen LogP contribution in [0, 0.1) is 0 Å². The number of hydrogen-bond donors (Lipinski definition) is 0. The number of methoxy groups -OCH3 is 1. The molecule has 1 atom stereocenters. The molecule has 0 N–H and O–H groups in total. The molecule has 0 saturated carbocycles. The number of aryl methyl sites for hydroxylation is 1. The molecule has 0 spiro atoms. The van der Waals surface area contributed by atoms with Crippen LogP contribution < -0.4 is 4.74 Å². The number of hydrogen-bond acceptors (Lipinski definition) is 2. The highest BCUT2D eigenvalue weighted by molar-refractivity contribution is 9.12. The van der Waals surface area contributed by atoms with Crippen molar-refractivity contribution < 1.29 is 4.74 Å². The fraction of sp³-hybridized carbons (Fsp3) is 0.286. The summed E-state index contributed by atoms with van der Waals surface area (Å²) < 4.78 is 7.35. The molecule has 0 aliphatic carbocycles. The number of rotatable bonds is 5. The first kappa shape index (κ1) is 15.4. The van der Waals surface area contributed by atoms with E-state index in [4.69, 9.17) is 16.3 Å². The van der Waals surface area contributed by atoms with Crippen LogP contribution in [-0.4, -0.2) is 7.11 Å². The van der Waals surface area contributed by atoms with Gasteiger partial charge in [0.25, 0.3) is 0 Å². The van der Waals surface area contributed by atoms with E-state index in [0.29, 0.717) is 0 Å². The van der Waals surface area contributed by atoms with Crippen molar-refractivity contribution in [3.8, 4) is 5.75 Å². The Labute approximate surface area is 139 Å². The minimum absolute atomic E-state index is 0.0269. The number of alkyl halides is 1. The van der Waals surface area contributed by atoms with E-state index in [1.807, 2.05) is 12.1 Å². The van der Waals surface area contributed by atoms with Crippen molar-refractivity contribution >= 4 is 54.8 Å². The number of halogens is 3. The summed E-state index contributed by atoms with van der Waals surface area (Å²) in [6.45, 7) is 0. The molecule has 1 aromatic carbocycles. The van der Waals surface area contributed by atoms with E-state index in [2.05, 4.69) is 50.1 Å². The summed E-state index contributed by atoms with van der Waals surface area (Å²) in [6, 6.07) is 10.2. The molecule has 1 nitrogen and oxygen atoms in total. The van der Waals surface area contributed by atoms with Gasteiger partial charge in [-0.2, -0.15) is 0 Å². The molecule has 102 valence electrons. The fourth-order valence-electron chi connectivity index (χ4n) is 1.81. The SMILES string of the molecule is COc1ccc(CCC(Cl)c2cc(Br)sc2Br)cc1. The predicted molar refractivity (Wildman–Crippen MR) is 89.6 cm³/mol. The Hall–Kier alpha value is -0.0300. The molecule has 0 aliphatic heterocycles. The lowest BCUT2D eigenvalue weighted by Crippen LogP contribution is -1.93. The van der Waals surface area contributed by atoms with Crippen LogP contribution in [0.5, 0.6) is 5.75 Å². The van der Waals surface area contributed by atoms with Gasteiger partial charge in [-0.15, -0.1) is 22.9 Å². The lowest BCUT2D eigenvalue weighted by Gasteiger charge is -2.09. The van der Waals surface area contributed by atoms with Gasteiger partial charge >= 0.3 is 0 Å². The molecule has 0 fully saturated rings. The second-order valence-electron chi connectivity index (χ2n) is 4.13. The summed E-state index contributed by atoms with van der Waals surface area (Å²) in [5, 5.41) is 0.0269. The molecule has 5 heteroatoms. The predicted octanol–water partition coefficient (Wildman–Crippen LogP) is 6.19. The van der Waals surface area contributed by atoms with Crippen molar-refractivity contribution in [3.05, 3.63) is 49.0 Å². The third-order valence-electron chi connectivity index (χ3n) is 2.87. The second-order valence-corrected chi connectivity index (χ2v) is 8.41. The van der Waals surface area contributed by atoms with Gasteiger partial charge < -0.3 is 4.74 Å². The van der Waals surface area contributed by atoms with Crippen molar-refractivity contribution in [1.82, 2.24) is 0 Å². The average molecular weight is 425 g/mol. The molecule has 0 bridgehead atoms. The van der Waals surface area contributed by atoms with Gasteiger partial charge in [-0.1, -0.05) is 12.1 Å². The molecule has 1 heterocycles. The third kappa shape index (κ3) is 4.22. The third-order valence-corrected chi connectivity index (χ3v) is 5.71. The second kappa shape index (κ2) is 7.11. The van der Waals surface area contributed by atoms with Crippen LogP contribution in [0.4, 0.5) is 0 Å². The summed E-state index contributed by atoms with van der Waals surface area (Å²) in [5.74, 6) is 0.885. The van der Waals surface area contributed by atoms with Gasteiger partial charge in [-0.3, -0.25) is 0 Å². The van der Waals surface area contributed by atoms with Crippen LogP contribution in [0.2, 0.25) is 0 Å². The quantitative estimate of drug-likeness (QED) is 0.520. The summed E-state index contributed by atoms with van der Waals surface area (Å²) in [5.41, 5.74) is 2.43. The van der Waals surface area contributed by atoms with E-state index < -0.39 is 0 Å². The van der Waals surface area contributed by atoms with Crippen LogP contribution in [-0.2, 0) is 6.42 Å². The van der Waals surface area contributed by atoms with Crippen LogP contribution in [0.1, 0.15) is 22.9 Å². The maximum atomic E-state index is 6.46. The van der Waals surface area contributed by atoms with E-state index >= 15 is 0 Å². The monoisotopic (exact) mass is 422 g/mol. The first-order chi connectivity index (χ1) is 9.10. The van der Waals surface area contributed by atoms with Crippen molar-refractivity contribution in [2.24, 2.45) is 0 Å². The zero-order valence-corrected chi connectivity index (χ0v) is 15.1. The van der Waals surface area contributed by atoms with Crippen LogP contribution in [0.3, 0.4) is 0 Å². The zero-order valence-electron chi connectivity index (χ0n) is 10.3. The summed E-state index contributed by atoms with van der Waals surface area (Å²) in [4.78, 5) is 0. The highest BCUT2D eigenvalue weighted by atomic mass is 79.9. The standard InChI is InChI=1S/C14H13Br2ClOS/c1-18-10-5-2-9(3-6-10)4-7-12(17)11-8-13(15)19-14(11)16/h2-3,5-6,8,12H,4,7H2,1H3. The minimum atomic E-state index is 0.0269. The topological polar surface area (TPSA) is 9.23 Å². The first-order valence-corrected chi connectivity index (χ1v) is 8.65. The van der Waals surface area contributed by atoms with Gasteiger partial charge in [0.05, 0.1) is 20.1 Å². The van der Waals surface area contributed by atoms with Crippen molar-refractivity contribution in [2.45, 2.75) is 18.2 Å². The maximum absolute atomic E-state index is 6.46. The van der Waals surface area contributed by atoms with Gasteiger partial charge in [-0.05, 0) is 74.0 Å². The normalized spacial score (nSPS) is 12.4. The Morgan fingerprint density at radius 3 is 2.47 bits per heavy atom. The fourth-order valence-corrected chi connectivity index (χ4v) is 5.26. The van der Waals surface area contributed by atoms with E-state index in [0.717, 1.165) is 31.7 Å². The van der Waals surface area contributed by atoms with Crippen LogP contribution in [0.25, 0.3) is 0 Å². The van der Waals surface area contributed by atoms with E-state index in [9.17, 15) is 0 Å². The highest BCUT2D eigenvalue weighted by Crippen LogP contribution is 2.39. The minimum Gasteiger partial charge on any atom is -0.497 e. The lowest BCUT2D eigenvalue weighted by atomic mass is 10.1.